The smallest absolute Gasteiger partial charge is 0.343 e. The average Bonchev–Trinajstić information content (AvgIpc) is 1.18. The molecule has 6 aromatic rings. The predicted octanol–water partition coefficient (Wildman–Crippen LogP) is 22.5. The van der Waals surface area contributed by atoms with E-state index in [1.807, 2.05) is 93.6 Å². The number of ether oxygens (including phenoxy) is 6. The highest BCUT2D eigenvalue weighted by Crippen LogP contribution is 2.43. The first-order valence-corrected chi connectivity index (χ1v) is 32.8. The standard InChI is InChI=1S/C77H95N3O10/c1-8-12-16-20-22-24-26-28-32-52-85-67-48-44-63(45-49-67)61-36-40-65(41-37-61)76(81)89-73-54-58(5)72(87-59(6)34-30-18-14-10-3)55-69(73)78-79-70-56-75(71(80(83)84)57-74(70)88-60(7)35-31-19-15-11-4)90-77(82)66-42-38-62(39-43-66)64-46-50-68(51-47-64)86-53-33-29-27-25-23-21-17-13-9-2/h22-25,28-29,32-33,36-51,54-57,59-60H,8-21,26-27,30-31,34-35,52-53H2,1-7H3/b24-22-,25-23-,32-28-,33-29-,79-78?/t59-,60+/m0/s1. The number of hydrogen-bond acceptors (Lipinski definition) is 12. The maximum atomic E-state index is 14.1. The summed E-state index contributed by atoms with van der Waals surface area (Å²) in [6.45, 7) is 15.5. The van der Waals surface area contributed by atoms with E-state index < -0.39 is 22.5 Å². The molecule has 0 fully saturated rings. The topological polar surface area (TPSA) is 157 Å². The zero-order chi connectivity index (χ0) is 64.1. The quantitative estimate of drug-likeness (QED) is 0.00688. The van der Waals surface area contributed by atoms with Crippen LogP contribution in [0.2, 0.25) is 0 Å². The lowest BCUT2D eigenvalue weighted by molar-refractivity contribution is -0.385. The maximum Gasteiger partial charge on any atom is 0.343 e. The van der Waals surface area contributed by atoms with Gasteiger partial charge in [-0.1, -0.05) is 189 Å². The number of azo groups is 1. The van der Waals surface area contributed by atoms with Crippen molar-refractivity contribution in [3.8, 4) is 56.8 Å². The lowest BCUT2D eigenvalue weighted by Crippen LogP contribution is -2.13. The molecular formula is C77H95N3O10. The molecule has 13 heteroatoms. The van der Waals surface area contributed by atoms with Crippen molar-refractivity contribution in [3.05, 3.63) is 197 Å². The summed E-state index contributed by atoms with van der Waals surface area (Å²) in [4.78, 5) is 40.2. The van der Waals surface area contributed by atoms with Gasteiger partial charge in [0.1, 0.15) is 41.8 Å². The van der Waals surface area contributed by atoms with Crippen molar-refractivity contribution in [2.24, 2.45) is 10.2 Å². The third-order valence-corrected chi connectivity index (χ3v) is 15.2. The fraction of sp³-hybridized carbons (Fsp3) is 0.403. The van der Waals surface area contributed by atoms with Gasteiger partial charge in [0.25, 0.3) is 0 Å². The number of allylic oxidation sites excluding steroid dienone is 6. The summed E-state index contributed by atoms with van der Waals surface area (Å²) >= 11 is 0. The Morgan fingerprint density at radius 1 is 0.456 bits per heavy atom. The van der Waals surface area contributed by atoms with E-state index in [9.17, 15) is 19.7 Å². The molecule has 0 bridgehead atoms. The summed E-state index contributed by atoms with van der Waals surface area (Å²) in [5.74, 6) is 0.357. The number of nitro benzene ring substituents is 1. The average molecular weight is 1220 g/mol. The second kappa shape index (κ2) is 40.1. The number of unbranched alkanes of at least 4 members (excludes halogenated alkanes) is 12. The highest BCUT2D eigenvalue weighted by atomic mass is 16.6. The van der Waals surface area contributed by atoms with Crippen molar-refractivity contribution in [3.63, 3.8) is 0 Å². The Morgan fingerprint density at radius 2 is 0.844 bits per heavy atom. The van der Waals surface area contributed by atoms with Gasteiger partial charge >= 0.3 is 17.6 Å². The molecule has 0 heterocycles. The third-order valence-electron chi connectivity index (χ3n) is 15.2. The number of nitrogens with zero attached hydrogens (tertiary/aromatic N) is 3. The molecule has 0 saturated carbocycles. The Morgan fingerprint density at radius 3 is 1.29 bits per heavy atom. The van der Waals surface area contributed by atoms with Crippen molar-refractivity contribution >= 4 is 29.0 Å². The first kappa shape index (κ1) is 70.5. The largest absolute Gasteiger partial charge is 0.490 e. The minimum Gasteiger partial charge on any atom is -0.490 e. The molecule has 0 radical (unpaired) electrons. The lowest BCUT2D eigenvalue weighted by atomic mass is 10.0. The Bertz CT molecular complexity index is 3270. The summed E-state index contributed by atoms with van der Waals surface area (Å²) < 4.78 is 36.8. The molecular weight excluding hydrogens is 1130 g/mol. The minimum atomic E-state index is -0.820. The number of hydrogen-bond donors (Lipinski definition) is 0. The number of rotatable bonds is 41. The van der Waals surface area contributed by atoms with Crippen LogP contribution in [0.3, 0.4) is 0 Å². The number of esters is 2. The van der Waals surface area contributed by atoms with Crippen LogP contribution in [-0.4, -0.2) is 42.3 Å². The Hall–Kier alpha value is -8.58. The monoisotopic (exact) mass is 1220 g/mol. The van der Waals surface area contributed by atoms with Gasteiger partial charge in [-0.25, -0.2) is 9.59 Å². The molecule has 2 atom stereocenters. The summed E-state index contributed by atoms with van der Waals surface area (Å²) in [6.07, 6.45) is 37.9. The van der Waals surface area contributed by atoms with E-state index in [0.29, 0.717) is 36.5 Å². The van der Waals surface area contributed by atoms with E-state index in [1.54, 1.807) is 48.5 Å². The summed E-state index contributed by atoms with van der Waals surface area (Å²) in [5.41, 5.74) is 4.47. The van der Waals surface area contributed by atoms with Crippen LogP contribution >= 0.6 is 0 Å². The molecule has 0 N–H and O–H groups in total. The molecule has 6 aromatic carbocycles. The van der Waals surface area contributed by atoms with E-state index in [0.717, 1.165) is 117 Å². The SMILES string of the molecule is CCCCC/C=C\C/C=C\COc1ccc(-c2ccc(C(=O)Oc3cc(C)c(O[C@@H](C)CCCCCC)cc3N=Nc3cc(OC(=O)c4ccc(-c5ccc(OC/C=C\C/C=C\CCCCC)cc5)cc4)c([N+](=O)[O-])cc3O[C@H](C)CCCCCC)cc2)cc1. The van der Waals surface area contributed by atoms with Gasteiger partial charge in [0.15, 0.2) is 11.5 Å². The Balaban J connectivity index is 1.22. The molecule has 6 rings (SSSR count). The highest BCUT2D eigenvalue weighted by molar-refractivity contribution is 5.93. The van der Waals surface area contributed by atoms with Crippen LogP contribution in [0.25, 0.3) is 22.3 Å². The van der Waals surface area contributed by atoms with Crippen LogP contribution in [0.5, 0.6) is 34.5 Å². The van der Waals surface area contributed by atoms with Crippen LogP contribution in [-0.2, 0) is 0 Å². The van der Waals surface area contributed by atoms with Gasteiger partial charge < -0.3 is 28.4 Å². The Kier molecular flexibility index (Phi) is 31.4. The van der Waals surface area contributed by atoms with E-state index >= 15 is 0 Å². The molecule has 0 unspecified atom stereocenters. The zero-order valence-electron chi connectivity index (χ0n) is 54.3. The number of nitro groups is 1. The highest BCUT2D eigenvalue weighted by Gasteiger charge is 2.26. The molecule has 0 saturated heterocycles. The molecule has 90 heavy (non-hydrogen) atoms. The van der Waals surface area contributed by atoms with Crippen LogP contribution < -0.4 is 28.4 Å². The van der Waals surface area contributed by atoms with Crippen molar-refractivity contribution < 1.29 is 42.9 Å². The van der Waals surface area contributed by atoms with E-state index in [4.69, 9.17) is 28.4 Å². The molecule has 478 valence electrons. The molecule has 13 nitrogen and oxygen atoms in total. The minimum absolute atomic E-state index is 0.0426. The van der Waals surface area contributed by atoms with Gasteiger partial charge in [-0.15, -0.1) is 10.2 Å². The van der Waals surface area contributed by atoms with Gasteiger partial charge in [-0.2, -0.15) is 0 Å². The van der Waals surface area contributed by atoms with Crippen LogP contribution in [0.15, 0.2) is 180 Å². The van der Waals surface area contributed by atoms with Crippen molar-refractivity contribution in [1.29, 1.82) is 0 Å². The first-order valence-electron chi connectivity index (χ1n) is 32.8. The summed E-state index contributed by atoms with van der Waals surface area (Å²) in [6, 6.07) is 35.3. The molecule has 0 amide bonds. The van der Waals surface area contributed by atoms with Crippen LogP contribution in [0.4, 0.5) is 17.1 Å². The van der Waals surface area contributed by atoms with Gasteiger partial charge in [-0.05, 0) is 167 Å². The van der Waals surface area contributed by atoms with Crippen LogP contribution in [0, 0.1) is 17.0 Å². The van der Waals surface area contributed by atoms with Crippen LogP contribution in [0.1, 0.15) is 196 Å². The zero-order valence-corrected chi connectivity index (χ0v) is 54.3. The van der Waals surface area contributed by atoms with Crippen molar-refractivity contribution in [1.82, 2.24) is 0 Å². The predicted molar refractivity (Wildman–Crippen MR) is 365 cm³/mol. The van der Waals surface area contributed by atoms with E-state index in [1.165, 1.54) is 50.7 Å². The number of aryl methyl sites for hydroxylation is 1. The summed E-state index contributed by atoms with van der Waals surface area (Å²) in [5, 5.41) is 22.1. The number of carbonyl (C=O) groups excluding carboxylic acids is 2. The van der Waals surface area contributed by atoms with Gasteiger partial charge in [0, 0.05) is 12.1 Å². The number of carbonyl (C=O) groups is 2. The number of benzene rings is 6. The van der Waals surface area contributed by atoms with Gasteiger partial charge in [0.05, 0.1) is 34.3 Å². The second-order valence-corrected chi connectivity index (χ2v) is 22.8. The lowest BCUT2D eigenvalue weighted by Gasteiger charge is -2.18. The first-order chi connectivity index (χ1) is 43.9. The normalized spacial score (nSPS) is 12.3. The molecule has 0 spiro atoms. The maximum absolute atomic E-state index is 14.1. The second-order valence-electron chi connectivity index (χ2n) is 22.8. The molecule has 0 aromatic heterocycles. The fourth-order valence-corrected chi connectivity index (χ4v) is 9.88. The molecule has 0 aliphatic carbocycles. The Labute approximate surface area is 535 Å². The molecule has 0 aliphatic heterocycles. The molecule has 0 aliphatic rings. The van der Waals surface area contributed by atoms with E-state index in [-0.39, 0.29) is 46.4 Å². The fourth-order valence-electron chi connectivity index (χ4n) is 9.88. The van der Waals surface area contributed by atoms with Gasteiger partial charge in [0.2, 0.25) is 5.75 Å². The van der Waals surface area contributed by atoms with Gasteiger partial charge in [-0.3, -0.25) is 10.1 Å². The third kappa shape index (κ3) is 24.8. The summed E-state index contributed by atoms with van der Waals surface area (Å²) in [7, 11) is 0. The van der Waals surface area contributed by atoms with Crippen molar-refractivity contribution in [2.45, 2.75) is 189 Å². The van der Waals surface area contributed by atoms with Crippen molar-refractivity contribution in [2.75, 3.05) is 13.2 Å². The van der Waals surface area contributed by atoms with E-state index in [2.05, 4.69) is 74.4 Å².